The zero-order valence-electron chi connectivity index (χ0n) is 15.5. The lowest BCUT2D eigenvalue weighted by molar-refractivity contribution is 0.225. The van der Waals surface area contributed by atoms with Crippen molar-refractivity contribution in [1.82, 2.24) is 5.32 Å². The van der Waals surface area contributed by atoms with Crippen LogP contribution in [0.4, 0.5) is 0 Å². The highest BCUT2D eigenvalue weighted by Gasteiger charge is 2.30. The third-order valence-electron chi connectivity index (χ3n) is 3.88. The van der Waals surface area contributed by atoms with Crippen LogP contribution in [0.3, 0.4) is 0 Å². The van der Waals surface area contributed by atoms with E-state index in [1.54, 1.807) is 32.2 Å². The maximum atomic E-state index is 12.8. The molecule has 27 heavy (non-hydrogen) atoms. The zero-order valence-corrected chi connectivity index (χ0v) is 16.4. The van der Waals surface area contributed by atoms with Crippen LogP contribution >= 0.6 is 7.60 Å². The van der Waals surface area contributed by atoms with E-state index in [2.05, 4.69) is 5.32 Å². The second-order valence-electron chi connectivity index (χ2n) is 5.85. The lowest BCUT2D eigenvalue weighted by Gasteiger charge is -2.14. The third kappa shape index (κ3) is 4.99. The van der Waals surface area contributed by atoms with Gasteiger partial charge in [0.25, 0.3) is 0 Å². The molecular formula is C20H24NO5P. The van der Waals surface area contributed by atoms with E-state index in [0.717, 1.165) is 16.9 Å². The molecule has 3 rings (SSSR count). The average molecular weight is 389 g/mol. The van der Waals surface area contributed by atoms with Crippen molar-refractivity contribution in [3.63, 3.8) is 0 Å². The van der Waals surface area contributed by atoms with E-state index in [4.69, 9.17) is 17.9 Å². The standard InChI is InChI=1S/C20H24NO5P/c1-3-24-27(22,25-4-2)20-11-10-19(26-20)17-8-5-7-16(13-17)14-21-15-18-9-6-12-23-18/h5-13,21H,3-4,14-15H2,1-2H3. The van der Waals surface area contributed by atoms with Gasteiger partial charge < -0.3 is 23.2 Å². The smallest absolute Gasteiger partial charge is 0.396 e. The second-order valence-corrected chi connectivity index (χ2v) is 7.81. The molecule has 0 bridgehead atoms. The Morgan fingerprint density at radius 2 is 1.81 bits per heavy atom. The van der Waals surface area contributed by atoms with E-state index < -0.39 is 7.60 Å². The molecule has 144 valence electrons. The highest BCUT2D eigenvalue weighted by atomic mass is 31.2. The van der Waals surface area contributed by atoms with Crippen molar-refractivity contribution < 1.29 is 22.4 Å². The van der Waals surface area contributed by atoms with Gasteiger partial charge in [0.2, 0.25) is 5.50 Å². The number of nitrogens with one attached hydrogen (secondary N) is 1. The molecule has 0 fully saturated rings. The van der Waals surface area contributed by atoms with Gasteiger partial charge in [0.05, 0.1) is 26.0 Å². The fourth-order valence-corrected chi connectivity index (χ4v) is 4.19. The van der Waals surface area contributed by atoms with Crippen LogP contribution in [0.25, 0.3) is 11.3 Å². The molecule has 0 atom stereocenters. The minimum absolute atomic E-state index is 0.225. The summed E-state index contributed by atoms with van der Waals surface area (Å²) in [6.45, 7) is 5.46. The Morgan fingerprint density at radius 3 is 2.52 bits per heavy atom. The minimum atomic E-state index is -3.42. The van der Waals surface area contributed by atoms with Gasteiger partial charge in [0.15, 0.2) is 0 Å². The summed E-state index contributed by atoms with van der Waals surface area (Å²) in [5.74, 6) is 1.52. The average Bonchev–Trinajstić information content (AvgIpc) is 3.35. The molecule has 0 spiro atoms. The molecule has 2 aromatic heterocycles. The number of benzene rings is 1. The summed E-state index contributed by atoms with van der Waals surface area (Å²) in [4.78, 5) is 0. The van der Waals surface area contributed by atoms with Crippen molar-refractivity contribution in [2.45, 2.75) is 26.9 Å². The Hall–Kier alpha value is -2.11. The molecule has 1 N–H and O–H groups in total. The summed E-state index contributed by atoms with van der Waals surface area (Å²) in [6, 6.07) is 15.2. The SMILES string of the molecule is CCOP(=O)(OCC)c1ccc(-c2cccc(CNCc3ccco3)c2)o1. The highest BCUT2D eigenvalue weighted by Crippen LogP contribution is 2.47. The van der Waals surface area contributed by atoms with Crippen molar-refractivity contribution in [3.8, 4) is 11.3 Å². The molecule has 1 aromatic carbocycles. The molecule has 6 nitrogen and oxygen atoms in total. The third-order valence-corrected chi connectivity index (χ3v) is 5.86. The van der Waals surface area contributed by atoms with Crippen LogP contribution in [0.2, 0.25) is 0 Å². The summed E-state index contributed by atoms with van der Waals surface area (Å²) in [5.41, 5.74) is 2.23. The van der Waals surface area contributed by atoms with E-state index in [0.29, 0.717) is 18.8 Å². The first kappa shape index (κ1) is 19.6. The van der Waals surface area contributed by atoms with Gasteiger partial charge in [-0.05, 0) is 49.7 Å². The molecule has 0 aliphatic rings. The number of furan rings is 2. The lowest BCUT2D eigenvalue weighted by Crippen LogP contribution is -2.12. The summed E-state index contributed by atoms with van der Waals surface area (Å²) in [7, 11) is -3.42. The quantitative estimate of drug-likeness (QED) is 0.506. The molecule has 0 saturated heterocycles. The van der Waals surface area contributed by atoms with Crippen molar-refractivity contribution in [3.05, 3.63) is 66.1 Å². The maximum absolute atomic E-state index is 12.8. The minimum Gasteiger partial charge on any atom is -0.468 e. The lowest BCUT2D eigenvalue weighted by atomic mass is 10.1. The van der Waals surface area contributed by atoms with E-state index in [9.17, 15) is 4.57 Å². The maximum Gasteiger partial charge on any atom is 0.396 e. The van der Waals surface area contributed by atoms with Crippen LogP contribution in [0, 0.1) is 0 Å². The number of rotatable bonds is 10. The molecule has 3 aromatic rings. The largest absolute Gasteiger partial charge is 0.468 e. The zero-order chi connectivity index (χ0) is 19.1. The van der Waals surface area contributed by atoms with Gasteiger partial charge >= 0.3 is 7.60 Å². The Kier molecular flexibility index (Phi) is 6.69. The summed E-state index contributed by atoms with van der Waals surface area (Å²) >= 11 is 0. The number of hydrogen-bond acceptors (Lipinski definition) is 6. The Labute approximate surface area is 159 Å². The van der Waals surface area contributed by atoms with Gasteiger partial charge in [0, 0.05) is 12.1 Å². The van der Waals surface area contributed by atoms with E-state index in [1.807, 2.05) is 36.4 Å². The number of hydrogen-bond donors (Lipinski definition) is 1. The summed E-state index contributed by atoms with van der Waals surface area (Å²) < 4.78 is 34.6. The van der Waals surface area contributed by atoms with Crippen LogP contribution in [0.5, 0.6) is 0 Å². The van der Waals surface area contributed by atoms with Gasteiger partial charge in [-0.15, -0.1) is 0 Å². The van der Waals surface area contributed by atoms with Crippen molar-refractivity contribution in [2.24, 2.45) is 0 Å². The van der Waals surface area contributed by atoms with Gasteiger partial charge in [0.1, 0.15) is 11.5 Å². The van der Waals surface area contributed by atoms with Crippen LogP contribution in [-0.2, 0) is 26.7 Å². The molecule has 2 heterocycles. The highest BCUT2D eigenvalue weighted by molar-refractivity contribution is 7.61. The van der Waals surface area contributed by atoms with Crippen molar-refractivity contribution >= 4 is 13.1 Å². The summed E-state index contributed by atoms with van der Waals surface area (Å²) in [6.07, 6.45) is 1.66. The molecular weight excluding hydrogens is 365 g/mol. The fraction of sp³-hybridized carbons (Fsp3) is 0.300. The van der Waals surface area contributed by atoms with Crippen LogP contribution < -0.4 is 10.8 Å². The van der Waals surface area contributed by atoms with Crippen LogP contribution in [0.1, 0.15) is 25.2 Å². The van der Waals surface area contributed by atoms with Crippen molar-refractivity contribution in [1.29, 1.82) is 0 Å². The first-order chi connectivity index (χ1) is 13.1. The van der Waals surface area contributed by atoms with E-state index >= 15 is 0 Å². The molecule has 0 aliphatic heterocycles. The first-order valence-electron chi connectivity index (χ1n) is 8.96. The predicted octanol–water partition coefficient (Wildman–Crippen LogP) is 4.72. The molecule has 7 heteroatoms. The topological polar surface area (TPSA) is 73.8 Å². The van der Waals surface area contributed by atoms with E-state index in [-0.39, 0.29) is 18.7 Å². The molecule has 0 amide bonds. The first-order valence-corrected chi connectivity index (χ1v) is 10.5. The van der Waals surface area contributed by atoms with E-state index in [1.165, 1.54) is 0 Å². The fourth-order valence-electron chi connectivity index (χ4n) is 2.71. The Bertz CT molecular complexity index is 877. The van der Waals surface area contributed by atoms with Crippen LogP contribution in [-0.4, -0.2) is 13.2 Å². The van der Waals surface area contributed by atoms with Gasteiger partial charge in [-0.1, -0.05) is 18.2 Å². The van der Waals surface area contributed by atoms with Gasteiger partial charge in [-0.2, -0.15) is 0 Å². The Morgan fingerprint density at radius 1 is 1.00 bits per heavy atom. The van der Waals surface area contributed by atoms with Gasteiger partial charge in [-0.3, -0.25) is 4.57 Å². The normalized spacial score (nSPS) is 11.8. The predicted molar refractivity (Wildman–Crippen MR) is 104 cm³/mol. The summed E-state index contributed by atoms with van der Waals surface area (Å²) in [5, 5.41) is 3.34. The van der Waals surface area contributed by atoms with Crippen molar-refractivity contribution in [2.75, 3.05) is 13.2 Å². The van der Waals surface area contributed by atoms with Gasteiger partial charge in [-0.25, -0.2) is 0 Å². The monoisotopic (exact) mass is 389 g/mol. The molecule has 0 radical (unpaired) electrons. The molecule has 0 unspecified atom stereocenters. The second kappa shape index (κ2) is 9.20. The van der Waals surface area contributed by atoms with Crippen LogP contribution in [0.15, 0.2) is 63.6 Å². The molecule has 0 aliphatic carbocycles. The molecule has 0 saturated carbocycles. The Balaban J connectivity index is 1.71.